The Balaban J connectivity index is 2.54. The number of halogens is 3. The number of allylic oxidation sites excluding steroid dienone is 1. The SMILES string of the molecule is CC(C)[C@H](CO[Si](C)(C)C(C)(C)C)N=S(=O)(CC1=CC(C)(C)CCC1)c1ccc(C(F)(F)F)cc1. The van der Waals surface area contributed by atoms with E-state index in [1.54, 1.807) is 0 Å². The monoisotopic (exact) mass is 531 g/mol. The van der Waals surface area contributed by atoms with E-state index in [1.165, 1.54) is 12.1 Å². The third kappa shape index (κ3) is 8.19. The maximum absolute atomic E-state index is 14.5. The first-order chi connectivity index (χ1) is 15.8. The Morgan fingerprint density at radius 3 is 2.14 bits per heavy atom. The van der Waals surface area contributed by atoms with Crippen molar-refractivity contribution in [3.63, 3.8) is 0 Å². The average molecular weight is 532 g/mol. The molecule has 0 bridgehead atoms. The van der Waals surface area contributed by atoms with Gasteiger partial charge in [0.2, 0.25) is 0 Å². The summed E-state index contributed by atoms with van der Waals surface area (Å²) < 4.78 is 65.4. The Labute approximate surface area is 212 Å². The van der Waals surface area contributed by atoms with Crippen LogP contribution < -0.4 is 0 Å². The van der Waals surface area contributed by atoms with E-state index in [0.717, 1.165) is 37.0 Å². The van der Waals surface area contributed by atoms with E-state index >= 15 is 0 Å². The average Bonchev–Trinajstić information content (AvgIpc) is 2.68. The van der Waals surface area contributed by atoms with Gasteiger partial charge in [0.05, 0.1) is 33.7 Å². The minimum absolute atomic E-state index is 0.0109. The van der Waals surface area contributed by atoms with E-state index in [0.29, 0.717) is 11.5 Å². The third-order valence-electron chi connectivity index (χ3n) is 7.34. The first-order valence-electron chi connectivity index (χ1n) is 12.5. The van der Waals surface area contributed by atoms with E-state index in [9.17, 15) is 17.4 Å². The predicted molar refractivity (Wildman–Crippen MR) is 143 cm³/mol. The minimum Gasteiger partial charge on any atom is -0.415 e. The fraction of sp³-hybridized carbons (Fsp3) is 0.704. The molecule has 1 aliphatic rings. The van der Waals surface area contributed by atoms with Crippen molar-refractivity contribution < 1.29 is 21.8 Å². The van der Waals surface area contributed by atoms with E-state index < -0.39 is 29.8 Å². The summed E-state index contributed by atoms with van der Waals surface area (Å²) in [6.45, 7) is 19.6. The second-order valence-electron chi connectivity index (χ2n) is 12.4. The number of rotatable bonds is 8. The lowest BCUT2D eigenvalue weighted by Gasteiger charge is -2.37. The maximum Gasteiger partial charge on any atom is 0.416 e. The lowest BCUT2D eigenvalue weighted by Crippen LogP contribution is -2.43. The lowest BCUT2D eigenvalue weighted by atomic mass is 9.80. The van der Waals surface area contributed by atoms with Gasteiger partial charge in [-0.25, -0.2) is 8.57 Å². The fourth-order valence-corrected chi connectivity index (χ4v) is 7.36. The summed E-state index contributed by atoms with van der Waals surface area (Å²) in [5, 5.41) is 0.0296. The molecule has 1 aliphatic carbocycles. The quantitative estimate of drug-likeness (QED) is 0.248. The predicted octanol–water partition coefficient (Wildman–Crippen LogP) is 8.72. The Morgan fingerprint density at radius 1 is 1.11 bits per heavy atom. The summed E-state index contributed by atoms with van der Waals surface area (Å²) >= 11 is 0. The van der Waals surface area contributed by atoms with Crippen LogP contribution in [0.15, 0.2) is 45.2 Å². The molecular weight excluding hydrogens is 487 g/mol. The first kappa shape index (κ1) is 30.1. The van der Waals surface area contributed by atoms with Gasteiger partial charge in [0.15, 0.2) is 8.32 Å². The number of alkyl halides is 3. The number of nitrogens with zero attached hydrogens (tertiary/aromatic N) is 1. The Bertz CT molecular complexity index is 1010. The molecular formula is C27H44F3NO2SSi. The molecule has 1 aromatic carbocycles. The minimum atomic E-state index is -4.44. The highest BCUT2D eigenvalue weighted by Gasteiger charge is 2.38. The molecule has 200 valence electrons. The zero-order valence-corrected chi connectivity index (χ0v) is 24.7. The molecule has 0 saturated heterocycles. The van der Waals surface area contributed by atoms with Crippen molar-refractivity contribution in [2.45, 2.75) is 103 Å². The van der Waals surface area contributed by atoms with Crippen LogP contribution in [0.4, 0.5) is 13.2 Å². The van der Waals surface area contributed by atoms with Crippen LogP contribution in [0.1, 0.15) is 73.3 Å². The van der Waals surface area contributed by atoms with Crippen molar-refractivity contribution >= 4 is 18.0 Å². The van der Waals surface area contributed by atoms with Crippen molar-refractivity contribution in [2.75, 3.05) is 12.4 Å². The largest absolute Gasteiger partial charge is 0.416 e. The summed E-state index contributed by atoms with van der Waals surface area (Å²) in [6.07, 6.45) is 0.646. The van der Waals surface area contributed by atoms with Crippen molar-refractivity contribution in [1.82, 2.24) is 0 Å². The molecule has 0 aromatic heterocycles. The molecule has 8 heteroatoms. The van der Waals surface area contributed by atoms with Crippen LogP contribution in [-0.2, 0) is 20.3 Å². The molecule has 0 aliphatic heterocycles. The highest BCUT2D eigenvalue weighted by atomic mass is 32.2. The second-order valence-corrected chi connectivity index (χ2v) is 19.5. The molecule has 0 saturated carbocycles. The fourth-order valence-electron chi connectivity index (χ4n) is 3.94. The normalized spacial score (nSPS) is 19.7. The van der Waals surface area contributed by atoms with E-state index in [4.69, 9.17) is 8.79 Å². The van der Waals surface area contributed by atoms with Crippen LogP contribution >= 0.6 is 0 Å². The van der Waals surface area contributed by atoms with Gasteiger partial charge in [-0.05, 0) is 73.0 Å². The molecule has 0 amide bonds. The second kappa shape index (κ2) is 10.7. The molecule has 0 spiro atoms. The van der Waals surface area contributed by atoms with Gasteiger partial charge in [-0.3, -0.25) is 0 Å². The third-order valence-corrected chi connectivity index (χ3v) is 14.2. The highest BCUT2D eigenvalue weighted by Crippen LogP contribution is 2.38. The summed E-state index contributed by atoms with van der Waals surface area (Å²) in [7, 11) is -5.05. The first-order valence-corrected chi connectivity index (χ1v) is 17.1. The summed E-state index contributed by atoms with van der Waals surface area (Å²) in [6, 6.07) is 4.39. The summed E-state index contributed by atoms with van der Waals surface area (Å²) in [5.74, 6) is 0.317. The van der Waals surface area contributed by atoms with Gasteiger partial charge in [-0.1, -0.05) is 60.1 Å². The molecule has 2 rings (SSSR count). The standard InChI is InChI=1S/C27H44F3NO2SSi/c1-20(2)24(18-33-35(8,9)25(3,4)5)31-34(32,19-21-11-10-16-26(6,7)17-21)23-14-12-22(13-15-23)27(28,29)30/h12-15,17,20,24H,10-11,16,18-19H2,1-9H3/t24-,34?/m0/s1. The Hall–Kier alpha value is -1.12. The van der Waals surface area contributed by atoms with Crippen molar-refractivity contribution in [2.24, 2.45) is 15.7 Å². The zero-order valence-electron chi connectivity index (χ0n) is 22.9. The van der Waals surface area contributed by atoms with E-state index in [-0.39, 0.29) is 28.2 Å². The number of hydrogen-bond donors (Lipinski definition) is 0. The summed E-state index contributed by atoms with van der Waals surface area (Å²) in [4.78, 5) is 0.354. The molecule has 0 fully saturated rings. The van der Waals surface area contributed by atoms with Crippen LogP contribution in [0.25, 0.3) is 0 Å². The van der Waals surface area contributed by atoms with Gasteiger partial charge < -0.3 is 4.43 Å². The van der Waals surface area contributed by atoms with E-state index in [1.807, 2.05) is 13.8 Å². The molecule has 1 aromatic rings. The number of benzene rings is 1. The molecule has 0 N–H and O–H groups in total. The lowest BCUT2D eigenvalue weighted by molar-refractivity contribution is -0.137. The Morgan fingerprint density at radius 2 is 1.69 bits per heavy atom. The molecule has 0 radical (unpaired) electrons. The van der Waals surface area contributed by atoms with Crippen LogP contribution in [0, 0.1) is 11.3 Å². The molecule has 2 atom stereocenters. The van der Waals surface area contributed by atoms with Crippen molar-refractivity contribution in [3.05, 3.63) is 41.5 Å². The van der Waals surface area contributed by atoms with Crippen LogP contribution in [0.3, 0.4) is 0 Å². The van der Waals surface area contributed by atoms with Gasteiger partial charge >= 0.3 is 6.18 Å². The molecule has 35 heavy (non-hydrogen) atoms. The van der Waals surface area contributed by atoms with Gasteiger partial charge in [-0.15, -0.1) is 0 Å². The summed E-state index contributed by atoms with van der Waals surface area (Å²) in [5.41, 5.74) is 0.335. The van der Waals surface area contributed by atoms with Gasteiger partial charge in [0.25, 0.3) is 0 Å². The molecule has 1 unspecified atom stereocenters. The topological polar surface area (TPSA) is 38.7 Å². The van der Waals surface area contributed by atoms with Crippen LogP contribution in [0.2, 0.25) is 18.1 Å². The maximum atomic E-state index is 14.5. The van der Waals surface area contributed by atoms with Gasteiger partial charge in [-0.2, -0.15) is 13.2 Å². The van der Waals surface area contributed by atoms with Gasteiger partial charge in [0, 0.05) is 4.90 Å². The highest BCUT2D eigenvalue weighted by molar-refractivity contribution is 7.93. The smallest absolute Gasteiger partial charge is 0.415 e. The van der Waals surface area contributed by atoms with Crippen molar-refractivity contribution in [3.8, 4) is 0 Å². The van der Waals surface area contributed by atoms with Crippen LogP contribution in [0.5, 0.6) is 0 Å². The van der Waals surface area contributed by atoms with Gasteiger partial charge in [0.1, 0.15) is 0 Å². The Kier molecular flexibility index (Phi) is 9.20. The number of hydrogen-bond acceptors (Lipinski definition) is 3. The zero-order chi connectivity index (χ0) is 26.9. The van der Waals surface area contributed by atoms with E-state index in [2.05, 4.69) is 53.8 Å². The van der Waals surface area contributed by atoms with Crippen LogP contribution in [-0.4, -0.2) is 30.9 Å². The van der Waals surface area contributed by atoms with Crippen molar-refractivity contribution in [1.29, 1.82) is 0 Å². The molecule has 3 nitrogen and oxygen atoms in total. The molecule has 0 heterocycles.